The van der Waals surface area contributed by atoms with Gasteiger partial charge in [0.2, 0.25) is 0 Å². The van der Waals surface area contributed by atoms with Gasteiger partial charge >= 0.3 is 0 Å². The van der Waals surface area contributed by atoms with E-state index < -0.39 is 0 Å². The van der Waals surface area contributed by atoms with Gasteiger partial charge in [-0.15, -0.1) is 0 Å². The molecule has 1 heterocycles. The van der Waals surface area contributed by atoms with E-state index in [2.05, 4.69) is 17.2 Å². The van der Waals surface area contributed by atoms with E-state index in [1.54, 1.807) is 0 Å². The molecule has 0 aliphatic heterocycles. The molecule has 0 aliphatic rings. The van der Waals surface area contributed by atoms with Crippen molar-refractivity contribution in [3.8, 4) is 0 Å². The summed E-state index contributed by atoms with van der Waals surface area (Å²) in [5.74, 6) is 0. The number of fused-ring (bicyclic) bond motifs is 1. The maximum Gasteiger partial charge on any atom is 0.159 e. The third-order valence-corrected chi connectivity index (χ3v) is 2.83. The van der Waals surface area contributed by atoms with Crippen LogP contribution in [0.15, 0.2) is 30.5 Å². The summed E-state index contributed by atoms with van der Waals surface area (Å²) in [4.78, 5) is 0. The zero-order valence-electron chi connectivity index (χ0n) is 11.0. The molecule has 0 unspecified atom stereocenters. The maximum absolute atomic E-state index is 5.53. The lowest BCUT2D eigenvalue weighted by molar-refractivity contribution is -0.141. The molecule has 2 rings (SSSR count). The smallest absolute Gasteiger partial charge is 0.159 e. The third-order valence-electron chi connectivity index (χ3n) is 2.83. The molecule has 0 radical (unpaired) electrons. The highest BCUT2D eigenvalue weighted by Crippen LogP contribution is 2.14. The largest absolute Gasteiger partial charge is 0.353 e. The van der Waals surface area contributed by atoms with Crippen LogP contribution in [0.4, 0.5) is 0 Å². The first-order valence-corrected chi connectivity index (χ1v) is 6.49. The van der Waals surface area contributed by atoms with E-state index in [4.69, 9.17) is 9.47 Å². The number of rotatable bonds is 7. The molecule has 0 N–H and O–H groups in total. The fraction of sp³-hybridized carbons (Fsp3) is 0.500. The van der Waals surface area contributed by atoms with Crippen LogP contribution in [-0.4, -0.2) is 29.3 Å². The topological polar surface area (TPSA) is 36.3 Å². The van der Waals surface area contributed by atoms with Crippen molar-refractivity contribution < 1.29 is 9.47 Å². The van der Waals surface area contributed by atoms with Crippen LogP contribution >= 0.6 is 0 Å². The normalized spacial score (nSPS) is 11.5. The van der Waals surface area contributed by atoms with Gasteiger partial charge < -0.3 is 9.47 Å². The summed E-state index contributed by atoms with van der Waals surface area (Å²) in [6, 6.07) is 8.21. The third kappa shape index (κ3) is 3.09. The van der Waals surface area contributed by atoms with Gasteiger partial charge in [0, 0.05) is 31.6 Å². The molecule has 0 atom stereocenters. The quantitative estimate of drug-likeness (QED) is 0.707. The minimum Gasteiger partial charge on any atom is -0.353 e. The Labute approximate surface area is 108 Å². The predicted molar refractivity (Wildman–Crippen MR) is 71.4 cm³/mol. The summed E-state index contributed by atoms with van der Waals surface area (Å²) in [6.07, 6.45) is 2.57. The highest BCUT2D eigenvalue weighted by Gasteiger charge is 2.09. The summed E-state index contributed by atoms with van der Waals surface area (Å²) in [7, 11) is 0. The first-order valence-electron chi connectivity index (χ1n) is 6.49. The van der Waals surface area contributed by atoms with E-state index in [-0.39, 0.29) is 6.29 Å². The second kappa shape index (κ2) is 6.52. The van der Waals surface area contributed by atoms with Crippen molar-refractivity contribution in [3.05, 3.63) is 30.5 Å². The molecule has 0 saturated heterocycles. The van der Waals surface area contributed by atoms with Gasteiger partial charge in [-0.25, -0.2) is 0 Å². The Kier molecular flexibility index (Phi) is 4.73. The SMILES string of the molecule is CCOC(CCn1ncc2ccccc21)OCC. The Hall–Kier alpha value is -1.39. The minimum atomic E-state index is -0.136. The van der Waals surface area contributed by atoms with Crippen LogP contribution in [-0.2, 0) is 16.0 Å². The van der Waals surface area contributed by atoms with Crippen LogP contribution < -0.4 is 0 Å². The summed E-state index contributed by atoms with van der Waals surface area (Å²) in [5, 5.41) is 5.56. The molecule has 98 valence electrons. The summed E-state index contributed by atoms with van der Waals surface area (Å²) in [6.45, 7) is 6.11. The Morgan fingerprint density at radius 2 is 1.89 bits per heavy atom. The van der Waals surface area contributed by atoms with Gasteiger partial charge in [-0.2, -0.15) is 5.10 Å². The fourth-order valence-electron chi connectivity index (χ4n) is 2.02. The van der Waals surface area contributed by atoms with Crippen LogP contribution in [0.1, 0.15) is 20.3 Å². The fourth-order valence-corrected chi connectivity index (χ4v) is 2.02. The highest BCUT2D eigenvalue weighted by atomic mass is 16.7. The number of para-hydroxylation sites is 1. The van der Waals surface area contributed by atoms with Crippen LogP contribution in [0.25, 0.3) is 10.9 Å². The lowest BCUT2D eigenvalue weighted by Gasteiger charge is -2.16. The Balaban J connectivity index is 2.00. The molecule has 0 amide bonds. The van der Waals surface area contributed by atoms with Crippen molar-refractivity contribution in [2.24, 2.45) is 0 Å². The molecule has 1 aromatic carbocycles. The van der Waals surface area contributed by atoms with Crippen molar-refractivity contribution >= 4 is 10.9 Å². The molecule has 1 aromatic heterocycles. The Bertz CT molecular complexity index is 475. The van der Waals surface area contributed by atoms with Gasteiger partial charge in [0.15, 0.2) is 6.29 Å². The lowest BCUT2D eigenvalue weighted by atomic mass is 10.2. The second-order valence-corrected chi connectivity index (χ2v) is 4.06. The molecule has 18 heavy (non-hydrogen) atoms. The molecule has 0 saturated carbocycles. The van der Waals surface area contributed by atoms with E-state index in [1.807, 2.05) is 36.9 Å². The number of ether oxygens (including phenoxy) is 2. The average molecular weight is 248 g/mol. The van der Waals surface area contributed by atoms with Crippen LogP contribution in [0.2, 0.25) is 0 Å². The van der Waals surface area contributed by atoms with Crippen LogP contribution in [0, 0.1) is 0 Å². The Morgan fingerprint density at radius 3 is 2.61 bits per heavy atom. The van der Waals surface area contributed by atoms with Gasteiger partial charge in [0.1, 0.15) is 0 Å². The van der Waals surface area contributed by atoms with Crippen LogP contribution in [0.5, 0.6) is 0 Å². The summed E-state index contributed by atoms with van der Waals surface area (Å²) in [5.41, 5.74) is 1.16. The van der Waals surface area contributed by atoms with Crippen molar-refractivity contribution in [2.75, 3.05) is 13.2 Å². The standard InChI is InChI=1S/C14H20N2O2/c1-3-17-14(18-4-2)9-10-16-13-8-6-5-7-12(13)11-15-16/h5-8,11,14H,3-4,9-10H2,1-2H3. The van der Waals surface area contributed by atoms with E-state index in [1.165, 1.54) is 5.39 Å². The molecular weight excluding hydrogens is 228 g/mol. The summed E-state index contributed by atoms with van der Waals surface area (Å²) >= 11 is 0. The number of hydrogen-bond donors (Lipinski definition) is 0. The number of hydrogen-bond acceptors (Lipinski definition) is 3. The molecule has 4 heteroatoms. The van der Waals surface area contributed by atoms with Crippen molar-refractivity contribution in [1.29, 1.82) is 0 Å². The lowest BCUT2D eigenvalue weighted by Crippen LogP contribution is -2.19. The monoisotopic (exact) mass is 248 g/mol. The maximum atomic E-state index is 5.53. The minimum absolute atomic E-state index is 0.136. The van der Waals surface area contributed by atoms with Crippen LogP contribution in [0.3, 0.4) is 0 Å². The predicted octanol–water partition coefficient (Wildman–Crippen LogP) is 2.83. The molecule has 2 aromatic rings. The van der Waals surface area contributed by atoms with Gasteiger partial charge in [-0.3, -0.25) is 4.68 Å². The zero-order valence-corrected chi connectivity index (χ0v) is 11.0. The van der Waals surface area contributed by atoms with Gasteiger partial charge in [0.25, 0.3) is 0 Å². The van der Waals surface area contributed by atoms with Crippen molar-refractivity contribution in [1.82, 2.24) is 9.78 Å². The van der Waals surface area contributed by atoms with E-state index in [0.29, 0.717) is 13.2 Å². The first-order chi connectivity index (χ1) is 8.85. The highest BCUT2D eigenvalue weighted by molar-refractivity contribution is 5.78. The van der Waals surface area contributed by atoms with Gasteiger partial charge in [0.05, 0.1) is 11.7 Å². The molecule has 0 fully saturated rings. The number of aryl methyl sites for hydroxylation is 1. The van der Waals surface area contributed by atoms with Gasteiger partial charge in [-0.05, 0) is 19.9 Å². The molecule has 0 bridgehead atoms. The molecule has 0 aliphatic carbocycles. The van der Waals surface area contributed by atoms with E-state index >= 15 is 0 Å². The van der Waals surface area contributed by atoms with Crippen molar-refractivity contribution in [3.63, 3.8) is 0 Å². The van der Waals surface area contributed by atoms with Crippen molar-refractivity contribution in [2.45, 2.75) is 33.1 Å². The van der Waals surface area contributed by atoms with E-state index in [9.17, 15) is 0 Å². The molecule has 4 nitrogen and oxygen atoms in total. The number of aromatic nitrogens is 2. The average Bonchev–Trinajstić information content (AvgIpc) is 2.80. The zero-order chi connectivity index (χ0) is 12.8. The number of benzene rings is 1. The Morgan fingerprint density at radius 1 is 1.17 bits per heavy atom. The number of nitrogens with zero attached hydrogens (tertiary/aromatic N) is 2. The summed E-state index contributed by atoms with van der Waals surface area (Å²) < 4.78 is 13.1. The van der Waals surface area contributed by atoms with E-state index in [0.717, 1.165) is 18.5 Å². The first kappa shape index (κ1) is 13.1. The molecular formula is C14H20N2O2. The second-order valence-electron chi connectivity index (χ2n) is 4.06. The van der Waals surface area contributed by atoms with Gasteiger partial charge in [-0.1, -0.05) is 18.2 Å². The molecule has 0 spiro atoms.